The van der Waals surface area contributed by atoms with Crippen molar-refractivity contribution in [2.75, 3.05) is 31.8 Å². The van der Waals surface area contributed by atoms with Crippen molar-refractivity contribution in [2.45, 2.75) is 6.43 Å². The van der Waals surface area contributed by atoms with Crippen LogP contribution in [-0.4, -0.2) is 32.8 Å². The first-order valence-corrected chi connectivity index (χ1v) is 7.77. The van der Waals surface area contributed by atoms with Crippen molar-refractivity contribution in [3.8, 4) is 5.75 Å². The number of nitrogens with one attached hydrogen (secondary N) is 1. The van der Waals surface area contributed by atoms with Gasteiger partial charge in [0, 0.05) is 24.4 Å². The van der Waals surface area contributed by atoms with Crippen LogP contribution in [0.3, 0.4) is 0 Å². The van der Waals surface area contributed by atoms with Crippen LogP contribution in [0.15, 0.2) is 52.6 Å². The zero-order valence-corrected chi connectivity index (χ0v) is 14.4. The first-order valence-electron chi connectivity index (χ1n) is 7.77. The van der Waals surface area contributed by atoms with E-state index in [9.17, 15) is 8.78 Å². The maximum Gasteiger partial charge on any atom is 0.263 e. The summed E-state index contributed by atoms with van der Waals surface area (Å²) >= 11 is 0. The standard InChI is InChI=1S/C18H20F2N4O2/c1-22-16-11-13(5-8-15(16)21)18(24-25-2)23-9-10-26-14-6-3-12(4-7-14)17(19)20/h3-9,11,17,22H,10,21H2,1-2H3/b23-9?,24-18-. The smallest absolute Gasteiger partial charge is 0.263 e. The van der Waals surface area contributed by atoms with Gasteiger partial charge >= 0.3 is 0 Å². The number of aliphatic imine (C=N–C) groups is 1. The maximum atomic E-state index is 12.5. The highest BCUT2D eigenvalue weighted by Gasteiger charge is 2.07. The molecule has 138 valence electrons. The number of amidine groups is 1. The summed E-state index contributed by atoms with van der Waals surface area (Å²) in [5.41, 5.74) is 7.86. The number of halogens is 2. The summed E-state index contributed by atoms with van der Waals surface area (Å²) < 4.78 is 30.5. The quantitative estimate of drug-likeness (QED) is 0.341. The lowest BCUT2D eigenvalue weighted by molar-refractivity contribution is 0.151. The van der Waals surface area contributed by atoms with Gasteiger partial charge in [0.25, 0.3) is 6.43 Å². The van der Waals surface area contributed by atoms with E-state index in [4.69, 9.17) is 15.3 Å². The lowest BCUT2D eigenvalue weighted by Crippen LogP contribution is -2.05. The van der Waals surface area contributed by atoms with E-state index in [1.54, 1.807) is 25.2 Å². The summed E-state index contributed by atoms with van der Waals surface area (Å²) in [7, 11) is 3.19. The maximum absolute atomic E-state index is 12.5. The minimum atomic E-state index is -2.50. The second-order valence-corrected chi connectivity index (χ2v) is 5.14. The van der Waals surface area contributed by atoms with E-state index in [1.165, 1.54) is 37.6 Å². The third-order valence-corrected chi connectivity index (χ3v) is 3.43. The fourth-order valence-electron chi connectivity index (χ4n) is 2.12. The Morgan fingerprint density at radius 1 is 1.23 bits per heavy atom. The Labute approximate surface area is 150 Å². The van der Waals surface area contributed by atoms with Crippen LogP contribution in [-0.2, 0) is 4.84 Å². The molecular weight excluding hydrogens is 342 g/mol. The third-order valence-electron chi connectivity index (χ3n) is 3.43. The fraction of sp³-hybridized carbons (Fsp3) is 0.222. The summed E-state index contributed by atoms with van der Waals surface area (Å²) in [4.78, 5) is 9.06. The number of nitrogens with zero attached hydrogens (tertiary/aromatic N) is 2. The molecule has 0 aliphatic carbocycles. The number of nitrogen functional groups attached to an aromatic ring is 1. The number of hydrogen-bond donors (Lipinski definition) is 2. The average Bonchev–Trinajstić information content (AvgIpc) is 2.65. The molecule has 0 unspecified atom stereocenters. The van der Waals surface area contributed by atoms with Crippen LogP contribution in [0, 0.1) is 0 Å². The molecule has 0 aliphatic heterocycles. The van der Waals surface area contributed by atoms with Crippen LogP contribution in [0.1, 0.15) is 17.6 Å². The van der Waals surface area contributed by atoms with Gasteiger partial charge in [0.2, 0.25) is 0 Å². The van der Waals surface area contributed by atoms with Crippen LogP contribution >= 0.6 is 0 Å². The average molecular weight is 362 g/mol. The van der Waals surface area contributed by atoms with Crippen LogP contribution in [0.2, 0.25) is 0 Å². The molecule has 2 aromatic carbocycles. The Balaban J connectivity index is 2.02. The molecule has 0 bridgehead atoms. The molecule has 26 heavy (non-hydrogen) atoms. The van der Waals surface area contributed by atoms with Crippen molar-refractivity contribution in [3.05, 3.63) is 53.6 Å². The molecule has 0 amide bonds. The molecule has 0 aliphatic rings. The molecule has 0 saturated heterocycles. The number of anilines is 2. The van der Waals surface area contributed by atoms with Gasteiger partial charge in [-0.1, -0.05) is 5.16 Å². The Morgan fingerprint density at radius 2 is 1.96 bits per heavy atom. The van der Waals surface area contributed by atoms with Crippen LogP contribution in [0.25, 0.3) is 0 Å². The van der Waals surface area contributed by atoms with Crippen molar-refractivity contribution in [3.63, 3.8) is 0 Å². The second kappa shape index (κ2) is 9.36. The van der Waals surface area contributed by atoms with E-state index < -0.39 is 6.43 Å². The van der Waals surface area contributed by atoms with Crippen molar-refractivity contribution in [1.29, 1.82) is 0 Å². The first kappa shape index (κ1) is 19.2. The fourth-order valence-corrected chi connectivity index (χ4v) is 2.12. The molecule has 0 fully saturated rings. The Morgan fingerprint density at radius 3 is 2.58 bits per heavy atom. The van der Waals surface area contributed by atoms with E-state index in [0.717, 1.165) is 5.69 Å². The summed E-state index contributed by atoms with van der Waals surface area (Å²) in [6.45, 7) is 0.143. The highest BCUT2D eigenvalue weighted by atomic mass is 19.3. The molecule has 6 nitrogen and oxygen atoms in total. The highest BCUT2D eigenvalue weighted by Crippen LogP contribution is 2.22. The Kier molecular flexibility index (Phi) is 6.90. The Bertz CT molecular complexity index is 777. The second-order valence-electron chi connectivity index (χ2n) is 5.14. The topological polar surface area (TPSA) is 81.2 Å². The third kappa shape index (κ3) is 5.17. The predicted molar refractivity (Wildman–Crippen MR) is 99.3 cm³/mol. The number of alkyl halides is 2. The SMILES string of the molecule is CNc1cc(/C(N=CCOc2ccc(C(F)F)cc2)=N/OC)ccc1N. The van der Waals surface area contributed by atoms with Crippen LogP contribution in [0.5, 0.6) is 5.75 Å². The molecular formula is C18H20F2N4O2. The molecule has 3 N–H and O–H groups in total. The van der Waals surface area contributed by atoms with Gasteiger partial charge in [-0.15, -0.1) is 0 Å². The van der Waals surface area contributed by atoms with E-state index in [-0.39, 0.29) is 12.2 Å². The van der Waals surface area contributed by atoms with Crippen molar-refractivity contribution in [1.82, 2.24) is 0 Å². The lowest BCUT2D eigenvalue weighted by Gasteiger charge is -2.08. The van der Waals surface area contributed by atoms with E-state index >= 15 is 0 Å². The van der Waals surface area contributed by atoms with Crippen molar-refractivity contribution in [2.24, 2.45) is 10.1 Å². The summed E-state index contributed by atoms with van der Waals surface area (Å²) in [6, 6.07) is 10.9. The predicted octanol–water partition coefficient (Wildman–Crippen LogP) is 3.71. The number of ether oxygens (including phenoxy) is 1. The van der Waals surface area contributed by atoms with E-state index in [0.29, 0.717) is 22.8 Å². The summed E-state index contributed by atoms with van der Waals surface area (Å²) in [6.07, 6.45) is -0.991. The van der Waals surface area contributed by atoms with Crippen molar-refractivity contribution >= 4 is 23.4 Å². The zero-order valence-electron chi connectivity index (χ0n) is 14.4. The summed E-state index contributed by atoms with van der Waals surface area (Å²) in [5.74, 6) is 0.816. The number of hydrogen-bond acceptors (Lipinski definition) is 5. The normalized spacial score (nSPS) is 11.8. The molecule has 2 aromatic rings. The summed E-state index contributed by atoms with van der Waals surface area (Å²) in [5, 5.41) is 6.87. The van der Waals surface area contributed by atoms with Gasteiger partial charge in [-0.25, -0.2) is 13.8 Å². The van der Waals surface area contributed by atoms with Gasteiger partial charge < -0.3 is 20.6 Å². The van der Waals surface area contributed by atoms with Crippen LogP contribution in [0.4, 0.5) is 20.2 Å². The molecule has 0 radical (unpaired) electrons. The van der Waals surface area contributed by atoms with Gasteiger partial charge in [-0.3, -0.25) is 0 Å². The van der Waals surface area contributed by atoms with Gasteiger partial charge in [0.05, 0.1) is 11.4 Å². The van der Waals surface area contributed by atoms with Gasteiger partial charge in [0.1, 0.15) is 19.5 Å². The molecule has 0 saturated carbocycles. The molecule has 0 aromatic heterocycles. The molecule has 2 rings (SSSR count). The molecule has 8 heteroatoms. The molecule has 0 atom stereocenters. The van der Waals surface area contributed by atoms with Crippen LogP contribution < -0.4 is 15.8 Å². The first-order chi connectivity index (χ1) is 12.5. The van der Waals surface area contributed by atoms with Gasteiger partial charge in [0.15, 0.2) is 5.84 Å². The minimum Gasteiger partial charge on any atom is -0.488 e. The monoisotopic (exact) mass is 362 g/mol. The van der Waals surface area contributed by atoms with Gasteiger partial charge in [-0.05, 0) is 42.5 Å². The van der Waals surface area contributed by atoms with E-state index in [2.05, 4.69) is 15.5 Å². The number of nitrogens with two attached hydrogens (primary N) is 1. The number of rotatable bonds is 7. The molecule has 0 heterocycles. The van der Waals surface area contributed by atoms with E-state index in [1.807, 2.05) is 0 Å². The number of benzene rings is 2. The largest absolute Gasteiger partial charge is 0.488 e. The Hall–Kier alpha value is -3.16. The molecule has 0 spiro atoms. The van der Waals surface area contributed by atoms with Crippen molar-refractivity contribution < 1.29 is 18.4 Å². The highest BCUT2D eigenvalue weighted by molar-refractivity contribution is 6.04. The zero-order chi connectivity index (χ0) is 18.9. The van der Waals surface area contributed by atoms with Gasteiger partial charge in [-0.2, -0.15) is 0 Å². The number of oxime groups is 1. The lowest BCUT2D eigenvalue weighted by atomic mass is 10.1. The minimum absolute atomic E-state index is 0.0516.